The van der Waals surface area contributed by atoms with Gasteiger partial charge in [0.15, 0.2) is 5.78 Å². The molecule has 3 rings (SSSR count). The van der Waals surface area contributed by atoms with E-state index in [1.54, 1.807) is 11.3 Å². The van der Waals surface area contributed by atoms with E-state index in [-0.39, 0.29) is 29.9 Å². The van der Waals surface area contributed by atoms with Crippen molar-refractivity contribution in [3.8, 4) is 0 Å². The van der Waals surface area contributed by atoms with Gasteiger partial charge in [-0.25, -0.2) is 4.98 Å². The molecular weight excluding hydrogens is 554 g/mol. The van der Waals surface area contributed by atoms with Crippen molar-refractivity contribution in [3.05, 3.63) is 40.9 Å². The summed E-state index contributed by atoms with van der Waals surface area (Å²) in [5.41, 5.74) is 2.86. The zero-order valence-corrected chi connectivity index (χ0v) is 28.2. The fraction of sp³-hybridized carbons (Fsp3) is 0.667. The molecule has 43 heavy (non-hydrogen) atoms. The summed E-state index contributed by atoms with van der Waals surface area (Å²) in [6, 6.07) is 6.30. The molecule has 1 aliphatic rings. The highest BCUT2D eigenvalue weighted by Gasteiger charge is 2.28. The highest BCUT2D eigenvalue weighted by molar-refractivity contribution is 7.18. The minimum absolute atomic E-state index is 0.0817. The van der Waals surface area contributed by atoms with Gasteiger partial charge in [0.05, 0.1) is 21.1 Å². The van der Waals surface area contributed by atoms with E-state index in [2.05, 4.69) is 62.7 Å². The lowest BCUT2D eigenvalue weighted by Gasteiger charge is -2.28. The second kappa shape index (κ2) is 17.8. The normalized spacial score (nSPS) is 15.6. The molecule has 0 spiro atoms. The Hall–Kier alpha value is -2.38. The maximum atomic E-state index is 13.9. The molecule has 1 fully saturated rings. The lowest BCUT2D eigenvalue weighted by Crippen LogP contribution is -2.42. The van der Waals surface area contributed by atoms with Crippen molar-refractivity contribution in [3.63, 3.8) is 0 Å². The van der Waals surface area contributed by atoms with Crippen LogP contribution in [-0.2, 0) is 20.8 Å². The van der Waals surface area contributed by atoms with Crippen LogP contribution in [-0.4, -0.2) is 53.0 Å². The number of fused-ring (bicyclic) bond motifs is 1. The quantitative estimate of drug-likeness (QED) is 0.163. The number of aromatic nitrogens is 1. The van der Waals surface area contributed by atoms with Crippen LogP contribution in [0.2, 0.25) is 0 Å². The summed E-state index contributed by atoms with van der Waals surface area (Å²) in [6.45, 7) is 17.0. The number of benzene rings is 1. The molecule has 1 N–H and O–H groups in total. The third-order valence-corrected chi connectivity index (χ3v) is 10.1. The van der Waals surface area contributed by atoms with Gasteiger partial charge in [0.1, 0.15) is 5.78 Å². The summed E-state index contributed by atoms with van der Waals surface area (Å²) in [4.78, 5) is 46.8. The van der Waals surface area contributed by atoms with Gasteiger partial charge in [-0.2, -0.15) is 0 Å². The van der Waals surface area contributed by atoms with Crippen molar-refractivity contribution in [1.29, 1.82) is 0 Å². The molecule has 0 saturated heterocycles. The Kier molecular flexibility index (Phi) is 14.5. The van der Waals surface area contributed by atoms with Crippen molar-refractivity contribution >= 4 is 39.0 Å². The average molecular weight is 610 g/mol. The summed E-state index contributed by atoms with van der Waals surface area (Å²) in [5, 5.41) is 4.24. The average Bonchev–Trinajstić information content (AvgIpc) is 3.40. The van der Waals surface area contributed by atoms with Crippen molar-refractivity contribution in [2.75, 3.05) is 19.6 Å². The number of amides is 1. The fourth-order valence-electron chi connectivity index (χ4n) is 6.24. The van der Waals surface area contributed by atoms with Gasteiger partial charge in [-0.05, 0) is 61.9 Å². The number of nitrogens with one attached hydrogen (secondary N) is 1. The van der Waals surface area contributed by atoms with Crippen LogP contribution >= 0.6 is 11.3 Å². The molecule has 0 bridgehead atoms. The number of thiazole rings is 1. The molecule has 1 aliphatic carbocycles. The van der Waals surface area contributed by atoms with E-state index >= 15 is 0 Å². The van der Waals surface area contributed by atoms with Crippen LogP contribution in [0.25, 0.3) is 10.2 Å². The first-order valence-electron chi connectivity index (χ1n) is 16.8. The smallest absolute Gasteiger partial charge is 0.224 e. The van der Waals surface area contributed by atoms with Gasteiger partial charge in [0, 0.05) is 43.8 Å². The van der Waals surface area contributed by atoms with E-state index in [1.807, 2.05) is 6.92 Å². The van der Waals surface area contributed by atoms with Gasteiger partial charge in [0.2, 0.25) is 5.91 Å². The number of hydrogen-bond acceptors (Lipinski definition) is 6. The molecule has 1 heterocycles. The largest absolute Gasteiger partial charge is 0.353 e. The third-order valence-electron chi connectivity index (χ3n) is 9.03. The minimum atomic E-state index is -0.466. The van der Waals surface area contributed by atoms with E-state index < -0.39 is 5.92 Å². The Morgan fingerprint density at radius 2 is 1.79 bits per heavy atom. The molecule has 1 amide bonds. The molecule has 1 saturated carbocycles. The van der Waals surface area contributed by atoms with Crippen LogP contribution in [0.5, 0.6) is 0 Å². The number of nitrogens with zero attached hydrogens (tertiary/aromatic N) is 2. The highest BCUT2D eigenvalue weighted by Crippen LogP contribution is 2.30. The van der Waals surface area contributed by atoms with Crippen LogP contribution in [0.1, 0.15) is 122 Å². The Bertz CT molecular complexity index is 1210. The lowest BCUT2D eigenvalue weighted by molar-refractivity contribution is -0.130. The number of carbonyl (C=O) groups is 3. The second-order valence-corrected chi connectivity index (χ2v) is 14.0. The van der Waals surface area contributed by atoms with Crippen LogP contribution < -0.4 is 5.32 Å². The maximum absolute atomic E-state index is 13.9. The van der Waals surface area contributed by atoms with Gasteiger partial charge in [-0.3, -0.25) is 19.3 Å². The molecule has 0 unspecified atom stereocenters. The molecule has 1 aromatic heterocycles. The number of likely N-dealkylation sites (N-methyl/N-ethyl adjacent to an activating group) is 1. The Morgan fingerprint density at radius 3 is 2.44 bits per heavy atom. The zero-order valence-electron chi connectivity index (χ0n) is 27.4. The predicted molar refractivity (Wildman–Crippen MR) is 180 cm³/mol. The van der Waals surface area contributed by atoms with Gasteiger partial charge < -0.3 is 5.32 Å². The number of carbonyl (C=O) groups excluding carboxylic acids is 3. The Morgan fingerprint density at radius 1 is 1.07 bits per heavy atom. The van der Waals surface area contributed by atoms with Crippen LogP contribution in [0.3, 0.4) is 0 Å². The Labute approximate surface area is 264 Å². The van der Waals surface area contributed by atoms with E-state index in [9.17, 15) is 14.4 Å². The first kappa shape index (κ1) is 35.1. The molecule has 6 nitrogen and oxygen atoms in total. The zero-order chi connectivity index (χ0) is 31.4. The molecule has 1 aromatic carbocycles. The first-order valence-corrected chi connectivity index (χ1v) is 17.6. The van der Waals surface area contributed by atoms with Crippen LogP contribution in [0.15, 0.2) is 30.4 Å². The molecule has 2 aromatic rings. The molecule has 238 valence electrons. The van der Waals surface area contributed by atoms with Gasteiger partial charge in [0.25, 0.3) is 0 Å². The summed E-state index contributed by atoms with van der Waals surface area (Å²) >= 11 is 1.63. The summed E-state index contributed by atoms with van der Waals surface area (Å²) in [7, 11) is 0. The van der Waals surface area contributed by atoms with E-state index in [0.717, 1.165) is 41.2 Å². The van der Waals surface area contributed by atoms with Crippen molar-refractivity contribution < 1.29 is 14.4 Å². The van der Waals surface area contributed by atoms with Crippen molar-refractivity contribution in [2.24, 2.45) is 11.8 Å². The predicted octanol–water partition coefficient (Wildman–Crippen LogP) is 8.04. The SMILES string of the molecule is C=C(CN(CC)CC)C(=O)CC[C@H](CC1CCCCC1)NC(=O)[C@@H](CC(=O)CCC)Cc1nc2ccc(C(C)C)cc2s1. The summed E-state index contributed by atoms with van der Waals surface area (Å²) in [6.07, 6.45) is 9.90. The fourth-order valence-corrected chi connectivity index (χ4v) is 7.34. The lowest BCUT2D eigenvalue weighted by atomic mass is 9.83. The second-order valence-electron chi connectivity index (χ2n) is 12.9. The Balaban J connectivity index is 1.75. The third kappa shape index (κ3) is 11.2. The number of Topliss-reactive ketones (excluding diaryl/α,β-unsaturated/α-hetero) is 2. The van der Waals surface area contributed by atoms with Gasteiger partial charge in [-0.1, -0.05) is 79.4 Å². The first-order chi connectivity index (χ1) is 20.6. The molecule has 2 atom stereocenters. The van der Waals surface area contributed by atoms with Crippen LogP contribution in [0.4, 0.5) is 0 Å². The molecule has 0 aliphatic heterocycles. The summed E-state index contributed by atoms with van der Waals surface area (Å²) in [5.74, 6) is 0.653. The number of ketones is 2. The standard InChI is InChI=1S/C36H55N3O3S/c1-7-13-31(40)21-29(23-35-38-32-18-16-28(25(4)5)22-34(32)43-35)36(42)37-30(20-27-14-11-10-12-15-27)17-19-33(41)26(6)24-39(8-2)9-3/h16,18,22,25,27,29-30H,6-15,17,19-21,23-24H2,1-5H3,(H,37,42)/t29-,30+/m0/s1. The topological polar surface area (TPSA) is 79.4 Å². The molecule has 7 heteroatoms. The highest BCUT2D eigenvalue weighted by atomic mass is 32.1. The molecule has 0 radical (unpaired) electrons. The van der Waals surface area contributed by atoms with Crippen molar-refractivity contribution in [2.45, 2.75) is 124 Å². The minimum Gasteiger partial charge on any atom is -0.353 e. The summed E-state index contributed by atoms with van der Waals surface area (Å²) < 4.78 is 1.12. The van der Waals surface area contributed by atoms with Crippen LogP contribution in [0, 0.1) is 11.8 Å². The van der Waals surface area contributed by atoms with Gasteiger partial charge in [-0.15, -0.1) is 11.3 Å². The van der Waals surface area contributed by atoms with E-state index in [4.69, 9.17) is 4.98 Å². The number of hydrogen-bond donors (Lipinski definition) is 1. The molecular formula is C36H55N3O3S. The maximum Gasteiger partial charge on any atom is 0.224 e. The van der Waals surface area contributed by atoms with E-state index in [1.165, 1.54) is 37.7 Å². The number of rotatable bonds is 19. The monoisotopic (exact) mass is 609 g/mol. The van der Waals surface area contributed by atoms with Gasteiger partial charge >= 0.3 is 0 Å². The van der Waals surface area contributed by atoms with E-state index in [0.29, 0.717) is 49.6 Å². The van der Waals surface area contributed by atoms with Crippen molar-refractivity contribution in [1.82, 2.24) is 15.2 Å².